The molecule has 2 aromatic rings. The molecule has 5 heteroatoms. The van der Waals surface area contributed by atoms with Gasteiger partial charge in [-0.05, 0) is 25.5 Å². The molecular weight excluding hydrogens is 250 g/mol. The molecule has 1 heterocycles. The van der Waals surface area contributed by atoms with E-state index in [1.165, 1.54) is 0 Å². The molecule has 1 aromatic heterocycles. The maximum Gasteiger partial charge on any atom is 0.187 e. The minimum absolute atomic E-state index is 0.393. The van der Waals surface area contributed by atoms with Crippen LogP contribution in [0.3, 0.4) is 0 Å². The van der Waals surface area contributed by atoms with Gasteiger partial charge in [0.25, 0.3) is 0 Å². The molecule has 3 nitrogen and oxygen atoms in total. The number of aryl methyl sites for hydroxylation is 2. The standard InChI is InChI=1S/C12H13N3S2/c1-7-4-3-5-9(11(13)16)10(7)15-12-14-8(2)6-17-12/h3-6H,1-2H3,(H2,13,16)(H,14,15). The third kappa shape index (κ3) is 2.62. The highest BCUT2D eigenvalue weighted by Crippen LogP contribution is 2.26. The van der Waals surface area contributed by atoms with Crippen LogP contribution in [0.25, 0.3) is 0 Å². The number of thiazole rings is 1. The van der Waals surface area contributed by atoms with Crippen molar-refractivity contribution >= 4 is 39.4 Å². The van der Waals surface area contributed by atoms with Crippen LogP contribution in [-0.4, -0.2) is 9.97 Å². The topological polar surface area (TPSA) is 50.9 Å². The normalized spacial score (nSPS) is 10.2. The summed E-state index contributed by atoms with van der Waals surface area (Å²) in [6.07, 6.45) is 0. The Morgan fingerprint density at radius 1 is 1.41 bits per heavy atom. The Balaban J connectivity index is 2.40. The van der Waals surface area contributed by atoms with E-state index in [2.05, 4.69) is 10.3 Å². The van der Waals surface area contributed by atoms with Crippen LogP contribution in [0.1, 0.15) is 16.8 Å². The Labute approximate surface area is 110 Å². The van der Waals surface area contributed by atoms with Crippen molar-refractivity contribution in [1.29, 1.82) is 0 Å². The number of nitrogens with one attached hydrogen (secondary N) is 1. The number of hydrogen-bond acceptors (Lipinski definition) is 4. The van der Waals surface area contributed by atoms with Gasteiger partial charge in [-0.25, -0.2) is 4.98 Å². The molecule has 0 saturated heterocycles. The average molecular weight is 263 g/mol. The molecule has 0 atom stereocenters. The van der Waals surface area contributed by atoms with Crippen molar-refractivity contribution in [3.05, 3.63) is 40.4 Å². The summed E-state index contributed by atoms with van der Waals surface area (Å²) < 4.78 is 0. The van der Waals surface area contributed by atoms with Crippen molar-refractivity contribution in [3.8, 4) is 0 Å². The van der Waals surface area contributed by atoms with Gasteiger partial charge in [0, 0.05) is 10.9 Å². The van der Waals surface area contributed by atoms with Crippen LogP contribution in [0.4, 0.5) is 10.8 Å². The summed E-state index contributed by atoms with van der Waals surface area (Å²) in [6, 6.07) is 5.88. The smallest absolute Gasteiger partial charge is 0.187 e. The second kappa shape index (κ2) is 4.81. The number of rotatable bonds is 3. The summed E-state index contributed by atoms with van der Waals surface area (Å²) in [5, 5.41) is 6.14. The first-order valence-corrected chi connectivity index (χ1v) is 6.45. The Bertz CT molecular complexity index is 561. The maximum absolute atomic E-state index is 5.72. The predicted octanol–water partition coefficient (Wildman–Crippen LogP) is 3.14. The third-order valence-electron chi connectivity index (χ3n) is 2.39. The summed E-state index contributed by atoms with van der Waals surface area (Å²) in [6.45, 7) is 3.98. The zero-order valence-electron chi connectivity index (χ0n) is 9.65. The van der Waals surface area contributed by atoms with E-state index in [0.29, 0.717) is 4.99 Å². The number of anilines is 2. The van der Waals surface area contributed by atoms with Gasteiger partial charge < -0.3 is 11.1 Å². The van der Waals surface area contributed by atoms with Gasteiger partial charge in [0.15, 0.2) is 5.13 Å². The minimum Gasteiger partial charge on any atom is -0.389 e. The molecule has 3 N–H and O–H groups in total. The van der Waals surface area contributed by atoms with Gasteiger partial charge in [0.05, 0.1) is 11.4 Å². The molecule has 0 aliphatic carbocycles. The van der Waals surface area contributed by atoms with Crippen LogP contribution in [0, 0.1) is 13.8 Å². The number of hydrogen-bond donors (Lipinski definition) is 2. The predicted molar refractivity (Wildman–Crippen MR) is 77.2 cm³/mol. The first-order valence-electron chi connectivity index (χ1n) is 5.16. The maximum atomic E-state index is 5.72. The van der Waals surface area contributed by atoms with Crippen LogP contribution >= 0.6 is 23.6 Å². The molecule has 0 radical (unpaired) electrons. The molecule has 88 valence electrons. The van der Waals surface area contributed by atoms with Crippen molar-refractivity contribution < 1.29 is 0 Å². The van der Waals surface area contributed by atoms with E-state index in [9.17, 15) is 0 Å². The lowest BCUT2D eigenvalue weighted by Gasteiger charge is -2.11. The zero-order chi connectivity index (χ0) is 12.4. The Kier molecular flexibility index (Phi) is 3.40. The third-order valence-corrected chi connectivity index (χ3v) is 3.48. The van der Waals surface area contributed by atoms with E-state index in [1.807, 2.05) is 37.4 Å². The van der Waals surface area contributed by atoms with E-state index in [0.717, 1.165) is 27.6 Å². The number of nitrogens with zero attached hydrogens (tertiary/aromatic N) is 1. The van der Waals surface area contributed by atoms with Crippen molar-refractivity contribution in [2.45, 2.75) is 13.8 Å². The van der Waals surface area contributed by atoms with Gasteiger partial charge in [-0.15, -0.1) is 11.3 Å². The lowest BCUT2D eigenvalue weighted by Crippen LogP contribution is -2.12. The van der Waals surface area contributed by atoms with Crippen LogP contribution < -0.4 is 11.1 Å². The summed E-state index contributed by atoms with van der Waals surface area (Å²) in [7, 11) is 0. The van der Waals surface area contributed by atoms with Crippen molar-refractivity contribution in [2.75, 3.05) is 5.32 Å². The van der Waals surface area contributed by atoms with Crippen LogP contribution in [0.5, 0.6) is 0 Å². The molecule has 0 saturated carbocycles. The molecule has 2 rings (SSSR count). The van der Waals surface area contributed by atoms with E-state index in [4.69, 9.17) is 18.0 Å². The van der Waals surface area contributed by atoms with Gasteiger partial charge in [-0.2, -0.15) is 0 Å². The largest absolute Gasteiger partial charge is 0.389 e. The highest BCUT2D eigenvalue weighted by molar-refractivity contribution is 7.80. The Hall–Kier alpha value is -1.46. The second-order valence-corrected chi connectivity index (χ2v) is 5.08. The fourth-order valence-corrected chi connectivity index (χ4v) is 2.42. The molecule has 0 spiro atoms. The van der Waals surface area contributed by atoms with Crippen LogP contribution in [0.2, 0.25) is 0 Å². The van der Waals surface area contributed by atoms with E-state index < -0.39 is 0 Å². The van der Waals surface area contributed by atoms with E-state index in [1.54, 1.807) is 11.3 Å². The van der Waals surface area contributed by atoms with Gasteiger partial charge in [0.2, 0.25) is 0 Å². The molecule has 0 bridgehead atoms. The van der Waals surface area contributed by atoms with E-state index in [-0.39, 0.29) is 0 Å². The number of benzene rings is 1. The minimum atomic E-state index is 0.393. The zero-order valence-corrected chi connectivity index (χ0v) is 11.3. The van der Waals surface area contributed by atoms with Gasteiger partial charge in [0.1, 0.15) is 4.99 Å². The molecular formula is C12H13N3S2. The summed E-state index contributed by atoms with van der Waals surface area (Å²) >= 11 is 6.62. The summed E-state index contributed by atoms with van der Waals surface area (Å²) in [5.41, 5.74) is 9.61. The number of aromatic nitrogens is 1. The summed E-state index contributed by atoms with van der Waals surface area (Å²) in [5.74, 6) is 0. The lowest BCUT2D eigenvalue weighted by molar-refractivity contribution is 1.26. The molecule has 1 aromatic carbocycles. The first kappa shape index (κ1) is 12.0. The number of nitrogens with two attached hydrogens (primary N) is 1. The van der Waals surface area contributed by atoms with Crippen molar-refractivity contribution in [3.63, 3.8) is 0 Å². The highest BCUT2D eigenvalue weighted by Gasteiger charge is 2.09. The second-order valence-electron chi connectivity index (χ2n) is 3.78. The molecule has 0 fully saturated rings. The Morgan fingerprint density at radius 2 is 2.18 bits per heavy atom. The van der Waals surface area contributed by atoms with Gasteiger partial charge in [-0.1, -0.05) is 24.4 Å². The lowest BCUT2D eigenvalue weighted by atomic mass is 10.1. The van der Waals surface area contributed by atoms with Gasteiger partial charge >= 0.3 is 0 Å². The molecule has 0 aliphatic heterocycles. The SMILES string of the molecule is Cc1csc(Nc2c(C)cccc2C(N)=S)n1. The number of para-hydroxylation sites is 1. The Morgan fingerprint density at radius 3 is 2.76 bits per heavy atom. The molecule has 0 unspecified atom stereocenters. The first-order chi connectivity index (χ1) is 8.08. The fourth-order valence-electron chi connectivity index (χ4n) is 1.56. The van der Waals surface area contributed by atoms with Crippen molar-refractivity contribution in [2.24, 2.45) is 5.73 Å². The molecule has 0 amide bonds. The monoisotopic (exact) mass is 263 g/mol. The van der Waals surface area contributed by atoms with E-state index >= 15 is 0 Å². The quantitative estimate of drug-likeness (QED) is 0.835. The van der Waals surface area contributed by atoms with Crippen molar-refractivity contribution in [1.82, 2.24) is 4.98 Å². The number of thiocarbonyl (C=S) groups is 1. The van der Waals surface area contributed by atoms with Crippen LogP contribution in [0.15, 0.2) is 23.6 Å². The van der Waals surface area contributed by atoms with Gasteiger partial charge in [-0.3, -0.25) is 0 Å². The molecule has 0 aliphatic rings. The van der Waals surface area contributed by atoms with Crippen LogP contribution in [-0.2, 0) is 0 Å². The fraction of sp³-hybridized carbons (Fsp3) is 0.167. The average Bonchev–Trinajstić information content (AvgIpc) is 2.67. The highest BCUT2D eigenvalue weighted by atomic mass is 32.1. The molecule has 17 heavy (non-hydrogen) atoms. The summed E-state index contributed by atoms with van der Waals surface area (Å²) in [4.78, 5) is 4.76.